The summed E-state index contributed by atoms with van der Waals surface area (Å²) in [6.07, 6.45) is 0.481. The summed E-state index contributed by atoms with van der Waals surface area (Å²) in [6.45, 7) is 5.76. The highest BCUT2D eigenvalue weighted by atomic mass is 35.5. The van der Waals surface area contributed by atoms with E-state index in [1.807, 2.05) is 26.0 Å². The summed E-state index contributed by atoms with van der Waals surface area (Å²) >= 11 is 6.03. The molecule has 2 unspecified atom stereocenters. The van der Waals surface area contributed by atoms with E-state index in [1.54, 1.807) is 6.07 Å². The zero-order valence-electron chi connectivity index (χ0n) is 11.9. The van der Waals surface area contributed by atoms with Crippen molar-refractivity contribution in [3.05, 3.63) is 28.8 Å². The lowest BCUT2D eigenvalue weighted by Crippen LogP contribution is -2.45. The third-order valence-corrected chi connectivity index (χ3v) is 4.26. The molecule has 1 amide bonds. The van der Waals surface area contributed by atoms with Gasteiger partial charge in [0.1, 0.15) is 0 Å². The fourth-order valence-corrected chi connectivity index (χ4v) is 2.67. The number of aliphatic hydroxyl groups excluding tert-OH is 1. The first kappa shape index (κ1) is 15.3. The van der Waals surface area contributed by atoms with Gasteiger partial charge in [0.15, 0.2) is 0 Å². The number of benzene rings is 1. The third kappa shape index (κ3) is 3.72. The molecule has 1 aromatic rings. The lowest BCUT2D eigenvalue weighted by Gasteiger charge is -2.33. The minimum atomic E-state index is -0.246. The van der Waals surface area contributed by atoms with E-state index >= 15 is 0 Å². The van der Waals surface area contributed by atoms with Crippen LogP contribution in [0.25, 0.3) is 0 Å². The van der Waals surface area contributed by atoms with Crippen molar-refractivity contribution in [2.45, 2.75) is 26.4 Å². The number of anilines is 1. The van der Waals surface area contributed by atoms with E-state index in [0.717, 1.165) is 30.8 Å². The molecule has 2 rings (SSSR count). The predicted octanol–water partition coefficient (Wildman–Crippen LogP) is 2.29. The molecule has 1 fully saturated rings. The van der Waals surface area contributed by atoms with E-state index < -0.39 is 0 Å². The second-order valence-corrected chi connectivity index (χ2v) is 5.94. The second-order valence-electron chi connectivity index (χ2n) is 5.53. The average molecular weight is 297 g/mol. The molecule has 0 radical (unpaired) electrons. The van der Waals surface area contributed by atoms with Crippen LogP contribution in [0.1, 0.15) is 18.9 Å². The van der Waals surface area contributed by atoms with E-state index in [2.05, 4.69) is 10.2 Å². The molecule has 1 heterocycles. The second kappa shape index (κ2) is 6.57. The number of halogens is 1. The van der Waals surface area contributed by atoms with Crippen LogP contribution in [-0.4, -0.2) is 41.7 Å². The summed E-state index contributed by atoms with van der Waals surface area (Å²) in [5, 5.41) is 13.2. The Kier molecular flexibility index (Phi) is 5.02. The molecule has 2 N–H and O–H groups in total. The predicted molar refractivity (Wildman–Crippen MR) is 81.0 cm³/mol. The van der Waals surface area contributed by atoms with Gasteiger partial charge in [-0.2, -0.15) is 0 Å². The number of amides is 1. The number of rotatable bonds is 3. The first-order valence-electron chi connectivity index (χ1n) is 6.92. The normalized spacial score (nSPS) is 23.6. The van der Waals surface area contributed by atoms with E-state index in [0.29, 0.717) is 11.6 Å². The topological polar surface area (TPSA) is 52.6 Å². The smallest absolute Gasteiger partial charge is 0.238 e. The Bertz CT molecular complexity index is 493. The molecule has 1 aliphatic rings. The number of piperidine rings is 1. The molecule has 1 aliphatic heterocycles. The highest BCUT2D eigenvalue weighted by molar-refractivity contribution is 6.31. The molecule has 5 heteroatoms. The van der Waals surface area contributed by atoms with Crippen LogP contribution in [0.15, 0.2) is 18.2 Å². The van der Waals surface area contributed by atoms with Crippen molar-refractivity contribution in [3.8, 4) is 0 Å². The van der Waals surface area contributed by atoms with Gasteiger partial charge in [0, 0.05) is 23.8 Å². The van der Waals surface area contributed by atoms with Gasteiger partial charge < -0.3 is 10.4 Å². The molecule has 2 atom stereocenters. The lowest BCUT2D eigenvalue weighted by atomic mass is 9.97. The van der Waals surface area contributed by atoms with Crippen molar-refractivity contribution in [1.29, 1.82) is 0 Å². The van der Waals surface area contributed by atoms with Crippen molar-refractivity contribution in [1.82, 2.24) is 4.90 Å². The van der Waals surface area contributed by atoms with Crippen LogP contribution in [0, 0.1) is 12.8 Å². The molecule has 110 valence electrons. The highest BCUT2D eigenvalue weighted by Gasteiger charge is 2.25. The van der Waals surface area contributed by atoms with E-state index in [1.165, 1.54) is 0 Å². The number of carbonyl (C=O) groups excluding carboxylic acids is 1. The SMILES string of the molecule is Cc1c(Cl)cccc1NC(=O)CN1CCC(O)C(C)C1. The average Bonchev–Trinajstić information content (AvgIpc) is 2.39. The van der Waals surface area contributed by atoms with Crippen LogP contribution in [0.4, 0.5) is 5.69 Å². The van der Waals surface area contributed by atoms with Crippen molar-refractivity contribution in [3.63, 3.8) is 0 Å². The maximum Gasteiger partial charge on any atom is 0.238 e. The minimum Gasteiger partial charge on any atom is -0.393 e. The third-order valence-electron chi connectivity index (χ3n) is 3.85. The number of hydrogen-bond acceptors (Lipinski definition) is 3. The first-order chi connectivity index (χ1) is 9.47. The van der Waals surface area contributed by atoms with Gasteiger partial charge >= 0.3 is 0 Å². The molecular weight excluding hydrogens is 276 g/mol. The van der Waals surface area contributed by atoms with Gasteiger partial charge in [-0.05, 0) is 37.0 Å². The van der Waals surface area contributed by atoms with Crippen LogP contribution in [0.3, 0.4) is 0 Å². The largest absolute Gasteiger partial charge is 0.393 e. The molecule has 4 nitrogen and oxygen atoms in total. The number of likely N-dealkylation sites (tertiary alicyclic amines) is 1. The zero-order valence-corrected chi connectivity index (χ0v) is 12.7. The molecule has 0 aliphatic carbocycles. The molecule has 1 aromatic carbocycles. The lowest BCUT2D eigenvalue weighted by molar-refractivity contribution is -0.118. The summed E-state index contributed by atoms with van der Waals surface area (Å²) in [7, 11) is 0. The Balaban J connectivity index is 1.91. The number of hydrogen-bond donors (Lipinski definition) is 2. The van der Waals surface area contributed by atoms with Crippen molar-refractivity contribution < 1.29 is 9.90 Å². The summed E-state index contributed by atoms with van der Waals surface area (Å²) in [5.74, 6) is 0.170. The van der Waals surface area contributed by atoms with Crippen LogP contribution in [0.2, 0.25) is 5.02 Å². The molecule has 0 saturated carbocycles. The monoisotopic (exact) mass is 296 g/mol. The van der Waals surface area contributed by atoms with Gasteiger partial charge in [-0.15, -0.1) is 0 Å². The summed E-state index contributed by atoms with van der Waals surface area (Å²) in [6, 6.07) is 5.48. The van der Waals surface area contributed by atoms with Gasteiger partial charge in [-0.3, -0.25) is 9.69 Å². The summed E-state index contributed by atoms with van der Waals surface area (Å²) < 4.78 is 0. The minimum absolute atomic E-state index is 0.0426. The van der Waals surface area contributed by atoms with E-state index in [9.17, 15) is 9.90 Å². The summed E-state index contributed by atoms with van der Waals surface area (Å²) in [5.41, 5.74) is 1.64. The van der Waals surface area contributed by atoms with Crippen LogP contribution in [-0.2, 0) is 4.79 Å². The molecular formula is C15H21ClN2O2. The van der Waals surface area contributed by atoms with E-state index in [4.69, 9.17) is 11.6 Å². The maximum atomic E-state index is 12.1. The van der Waals surface area contributed by atoms with Crippen molar-refractivity contribution in [2.24, 2.45) is 5.92 Å². The zero-order chi connectivity index (χ0) is 14.7. The number of nitrogens with zero attached hydrogens (tertiary/aromatic N) is 1. The van der Waals surface area contributed by atoms with Gasteiger partial charge in [-0.1, -0.05) is 24.6 Å². The van der Waals surface area contributed by atoms with Crippen molar-refractivity contribution in [2.75, 3.05) is 25.0 Å². The molecule has 0 aromatic heterocycles. The highest BCUT2D eigenvalue weighted by Crippen LogP contribution is 2.23. The maximum absolute atomic E-state index is 12.1. The number of aliphatic hydroxyl groups is 1. The van der Waals surface area contributed by atoms with Gasteiger partial charge in [0.2, 0.25) is 5.91 Å². The fourth-order valence-electron chi connectivity index (χ4n) is 2.50. The fraction of sp³-hybridized carbons (Fsp3) is 0.533. The Morgan fingerprint density at radius 2 is 2.30 bits per heavy atom. The Morgan fingerprint density at radius 1 is 1.55 bits per heavy atom. The quantitative estimate of drug-likeness (QED) is 0.900. The summed E-state index contributed by atoms with van der Waals surface area (Å²) in [4.78, 5) is 14.2. The van der Waals surface area contributed by atoms with E-state index in [-0.39, 0.29) is 17.9 Å². The van der Waals surface area contributed by atoms with Gasteiger partial charge in [-0.25, -0.2) is 0 Å². The Labute approximate surface area is 124 Å². The molecule has 0 bridgehead atoms. The molecule has 0 spiro atoms. The molecule has 20 heavy (non-hydrogen) atoms. The molecule has 1 saturated heterocycles. The van der Waals surface area contributed by atoms with Crippen LogP contribution < -0.4 is 5.32 Å². The number of carbonyl (C=O) groups is 1. The number of nitrogens with one attached hydrogen (secondary N) is 1. The first-order valence-corrected chi connectivity index (χ1v) is 7.30. The Hall–Kier alpha value is -1.10. The standard InChI is InChI=1S/C15H21ClN2O2/c1-10-8-18(7-6-14(10)19)9-15(20)17-13-5-3-4-12(16)11(13)2/h3-5,10,14,19H,6-9H2,1-2H3,(H,17,20). The van der Waals surface area contributed by atoms with Crippen molar-refractivity contribution >= 4 is 23.2 Å². The van der Waals surface area contributed by atoms with Crippen LogP contribution >= 0.6 is 11.6 Å². The van der Waals surface area contributed by atoms with Gasteiger partial charge in [0.25, 0.3) is 0 Å². The van der Waals surface area contributed by atoms with Crippen LogP contribution in [0.5, 0.6) is 0 Å². The Morgan fingerprint density at radius 3 is 3.00 bits per heavy atom. The van der Waals surface area contributed by atoms with Gasteiger partial charge in [0.05, 0.1) is 12.6 Å².